The minimum absolute atomic E-state index is 0.416. The van der Waals surface area contributed by atoms with Crippen LogP contribution >= 0.6 is 23.4 Å². The fourth-order valence-electron chi connectivity index (χ4n) is 2.26. The Morgan fingerprint density at radius 3 is 2.43 bits per heavy atom. The van der Waals surface area contributed by atoms with Gasteiger partial charge in [-0.25, -0.2) is 0 Å². The molecule has 0 saturated carbocycles. The van der Waals surface area contributed by atoms with E-state index in [1.165, 1.54) is 16.7 Å². The highest BCUT2D eigenvalue weighted by atomic mass is 35.5. The number of amides is 1. The second kappa shape index (κ2) is 5.54. The average Bonchev–Trinajstić information content (AvgIpc) is 2.60. The molecule has 5 heteroatoms. The Hall–Kier alpha value is -1.78. The molecule has 1 amide bonds. The van der Waals surface area contributed by atoms with Gasteiger partial charge in [0.15, 0.2) is 0 Å². The third-order valence-electron chi connectivity index (χ3n) is 3.40. The molecule has 0 radical (unpaired) electrons. The normalized spacial score (nSPS) is 18.4. The molecule has 2 aromatic carbocycles. The molecule has 106 valence electrons. The Bertz CT molecular complexity index is 714. The lowest BCUT2D eigenvalue weighted by molar-refractivity contribution is -0.135. The van der Waals surface area contributed by atoms with Crippen LogP contribution in [0, 0.1) is 0 Å². The third-order valence-corrected chi connectivity index (χ3v) is 4.97. The van der Waals surface area contributed by atoms with Crippen LogP contribution in [0.25, 0.3) is 0 Å². The molecule has 3 rings (SSSR count). The fourth-order valence-corrected chi connectivity index (χ4v) is 3.62. The summed E-state index contributed by atoms with van der Waals surface area (Å²) in [6.45, 7) is 0. The number of anilines is 1. The quantitative estimate of drug-likeness (QED) is 0.752. The molecule has 0 fully saturated rings. The second-order valence-corrected chi connectivity index (χ2v) is 6.33. The molecule has 1 atom stereocenters. The van der Waals surface area contributed by atoms with E-state index in [1.54, 1.807) is 31.3 Å². The van der Waals surface area contributed by atoms with Crippen LogP contribution in [0.5, 0.6) is 0 Å². The van der Waals surface area contributed by atoms with Crippen LogP contribution in [-0.2, 0) is 9.59 Å². The van der Waals surface area contributed by atoms with Crippen molar-refractivity contribution in [3.8, 4) is 0 Å². The molecule has 1 unspecified atom stereocenters. The highest BCUT2D eigenvalue weighted by Crippen LogP contribution is 2.43. The van der Waals surface area contributed by atoms with E-state index >= 15 is 0 Å². The number of rotatable bonds is 1. The van der Waals surface area contributed by atoms with E-state index in [2.05, 4.69) is 0 Å². The van der Waals surface area contributed by atoms with Gasteiger partial charge in [0.05, 0.1) is 5.69 Å². The number of carbonyl (C=O) groups is 2. The van der Waals surface area contributed by atoms with Crippen molar-refractivity contribution in [2.24, 2.45) is 0 Å². The van der Waals surface area contributed by atoms with Gasteiger partial charge in [0, 0.05) is 17.0 Å². The zero-order valence-corrected chi connectivity index (χ0v) is 12.8. The number of benzene rings is 2. The Balaban J connectivity index is 2.08. The number of fused-ring (bicyclic) bond motifs is 1. The van der Waals surface area contributed by atoms with Crippen molar-refractivity contribution in [1.82, 2.24) is 0 Å². The SMILES string of the molecule is CN1C(=O)C(=O)C(c2ccc(Cl)cc2)Sc2ccccc21. The van der Waals surface area contributed by atoms with Crippen LogP contribution in [0.1, 0.15) is 10.8 Å². The minimum Gasteiger partial charge on any atom is -0.308 e. The van der Waals surface area contributed by atoms with E-state index in [1.807, 2.05) is 24.3 Å². The number of carbonyl (C=O) groups excluding carboxylic acids is 2. The Labute approximate surface area is 131 Å². The van der Waals surface area contributed by atoms with Gasteiger partial charge in [-0.2, -0.15) is 0 Å². The average molecular weight is 318 g/mol. The molecule has 1 aliphatic heterocycles. The zero-order chi connectivity index (χ0) is 15.0. The molecule has 21 heavy (non-hydrogen) atoms. The highest BCUT2D eigenvalue weighted by molar-refractivity contribution is 8.00. The van der Waals surface area contributed by atoms with Crippen molar-refractivity contribution < 1.29 is 9.59 Å². The summed E-state index contributed by atoms with van der Waals surface area (Å²) in [7, 11) is 1.63. The van der Waals surface area contributed by atoms with Crippen molar-refractivity contribution in [2.75, 3.05) is 11.9 Å². The number of Topliss-reactive ketones (excluding diaryl/α,β-unsaturated/α-hetero) is 1. The molecular formula is C16H12ClNO2S. The molecule has 0 N–H and O–H groups in total. The van der Waals surface area contributed by atoms with Gasteiger partial charge < -0.3 is 4.90 Å². The summed E-state index contributed by atoms with van der Waals surface area (Å²) in [5, 5.41) is 0.0644. The number of thioether (sulfide) groups is 1. The van der Waals surface area contributed by atoms with Crippen molar-refractivity contribution in [3.05, 3.63) is 59.1 Å². The molecule has 0 spiro atoms. The molecule has 0 aliphatic carbocycles. The first-order valence-electron chi connectivity index (χ1n) is 6.41. The van der Waals surface area contributed by atoms with Gasteiger partial charge in [0.1, 0.15) is 5.25 Å². The lowest BCUT2D eigenvalue weighted by atomic mass is 10.1. The highest BCUT2D eigenvalue weighted by Gasteiger charge is 2.35. The molecule has 0 bridgehead atoms. The standard InChI is InChI=1S/C16H12ClNO2S/c1-18-12-4-2-3-5-13(12)21-15(14(19)16(18)20)10-6-8-11(17)9-7-10/h2-9,15H,1H3. The van der Waals surface area contributed by atoms with E-state index in [4.69, 9.17) is 11.6 Å². The summed E-state index contributed by atoms with van der Waals surface area (Å²) in [4.78, 5) is 27.1. The van der Waals surface area contributed by atoms with Gasteiger partial charge in [-0.15, -0.1) is 11.8 Å². The smallest absolute Gasteiger partial charge is 0.295 e. The van der Waals surface area contributed by atoms with Crippen molar-refractivity contribution in [2.45, 2.75) is 10.1 Å². The maximum atomic E-state index is 12.5. The monoisotopic (exact) mass is 317 g/mol. The first-order chi connectivity index (χ1) is 10.1. The van der Waals surface area contributed by atoms with Crippen molar-refractivity contribution in [3.63, 3.8) is 0 Å². The molecule has 0 saturated heterocycles. The molecule has 1 heterocycles. The predicted molar refractivity (Wildman–Crippen MR) is 84.9 cm³/mol. The Kier molecular flexibility index (Phi) is 3.74. The van der Waals surface area contributed by atoms with Crippen LogP contribution < -0.4 is 4.90 Å². The Morgan fingerprint density at radius 1 is 1.05 bits per heavy atom. The number of hydrogen-bond donors (Lipinski definition) is 0. The van der Waals surface area contributed by atoms with Crippen LogP contribution in [0.15, 0.2) is 53.4 Å². The third kappa shape index (κ3) is 2.57. The van der Waals surface area contributed by atoms with Gasteiger partial charge in [-0.3, -0.25) is 9.59 Å². The largest absolute Gasteiger partial charge is 0.308 e. The van der Waals surface area contributed by atoms with Crippen molar-refractivity contribution in [1.29, 1.82) is 0 Å². The van der Waals surface area contributed by atoms with E-state index < -0.39 is 16.9 Å². The zero-order valence-electron chi connectivity index (χ0n) is 11.2. The topological polar surface area (TPSA) is 37.4 Å². The molecular weight excluding hydrogens is 306 g/mol. The van der Waals surface area contributed by atoms with Crippen molar-refractivity contribution >= 4 is 40.7 Å². The van der Waals surface area contributed by atoms with Gasteiger partial charge >= 0.3 is 0 Å². The molecule has 2 aromatic rings. The van der Waals surface area contributed by atoms with Gasteiger partial charge in [-0.05, 0) is 29.8 Å². The number of hydrogen-bond acceptors (Lipinski definition) is 3. The first kappa shape index (κ1) is 14.2. The lowest BCUT2D eigenvalue weighted by Crippen LogP contribution is -2.34. The summed E-state index contributed by atoms with van der Waals surface area (Å²) in [5.41, 5.74) is 1.55. The van der Waals surface area contributed by atoms with Gasteiger partial charge in [0.2, 0.25) is 5.78 Å². The molecule has 0 aromatic heterocycles. The van der Waals surface area contributed by atoms with Crippen LogP contribution in [0.2, 0.25) is 5.02 Å². The van der Waals surface area contributed by atoms with Crippen LogP contribution in [0.4, 0.5) is 5.69 Å². The summed E-state index contributed by atoms with van der Waals surface area (Å²) in [5.74, 6) is -0.909. The number of likely N-dealkylation sites (N-methyl/N-ethyl adjacent to an activating group) is 1. The summed E-state index contributed by atoms with van der Waals surface area (Å²) in [6.07, 6.45) is 0. The van der Waals surface area contributed by atoms with Gasteiger partial charge in [-0.1, -0.05) is 35.9 Å². The van der Waals surface area contributed by atoms with E-state index in [0.29, 0.717) is 5.02 Å². The fraction of sp³-hybridized carbons (Fsp3) is 0.125. The number of ketones is 1. The maximum Gasteiger partial charge on any atom is 0.295 e. The predicted octanol–water partition coefficient (Wildman–Crippen LogP) is 3.72. The minimum atomic E-state index is -0.541. The molecule has 3 nitrogen and oxygen atoms in total. The maximum absolute atomic E-state index is 12.5. The van der Waals surface area contributed by atoms with E-state index in [9.17, 15) is 9.59 Å². The van der Waals surface area contributed by atoms with Crippen LogP contribution in [0.3, 0.4) is 0 Å². The number of para-hydroxylation sites is 1. The van der Waals surface area contributed by atoms with Crippen LogP contribution in [-0.4, -0.2) is 18.7 Å². The number of nitrogens with zero attached hydrogens (tertiary/aromatic N) is 1. The second-order valence-electron chi connectivity index (χ2n) is 4.75. The lowest BCUT2D eigenvalue weighted by Gasteiger charge is -2.15. The number of halogens is 1. The Morgan fingerprint density at radius 2 is 1.71 bits per heavy atom. The van der Waals surface area contributed by atoms with E-state index in [-0.39, 0.29) is 0 Å². The van der Waals surface area contributed by atoms with Gasteiger partial charge in [0.25, 0.3) is 5.91 Å². The first-order valence-corrected chi connectivity index (χ1v) is 7.67. The molecule has 1 aliphatic rings. The summed E-state index contributed by atoms with van der Waals surface area (Å²) in [6, 6.07) is 14.6. The van der Waals surface area contributed by atoms with E-state index in [0.717, 1.165) is 16.1 Å². The summed E-state index contributed by atoms with van der Waals surface area (Å²) < 4.78 is 0. The summed E-state index contributed by atoms with van der Waals surface area (Å²) >= 11 is 7.28.